The fourth-order valence-corrected chi connectivity index (χ4v) is 5.82. The highest BCUT2D eigenvalue weighted by molar-refractivity contribution is 6.14. The van der Waals surface area contributed by atoms with Gasteiger partial charge >= 0.3 is 12.3 Å². The molecule has 1 aromatic carbocycles. The van der Waals surface area contributed by atoms with Crippen molar-refractivity contribution >= 4 is 29.5 Å². The first-order valence-electron chi connectivity index (χ1n) is 16.0. The van der Waals surface area contributed by atoms with E-state index in [9.17, 15) is 37.5 Å². The van der Waals surface area contributed by atoms with Gasteiger partial charge in [-0.2, -0.15) is 18.3 Å². The highest BCUT2D eigenvalue weighted by atomic mass is 19.4. The van der Waals surface area contributed by atoms with Gasteiger partial charge in [0.1, 0.15) is 29.1 Å². The lowest BCUT2D eigenvalue weighted by molar-refractivity contribution is -0.164. The number of hydrogen-bond donors (Lipinski definition) is 3. The quantitative estimate of drug-likeness (QED) is 0.327. The molecule has 3 N–H and O–H groups in total. The Labute approximate surface area is 283 Å². The van der Waals surface area contributed by atoms with Crippen molar-refractivity contribution in [1.82, 2.24) is 25.5 Å². The molecule has 0 spiro atoms. The minimum Gasteiger partial charge on any atom is -0.444 e. The molecular formula is C34H43F3N6O6. The Bertz CT molecular complexity index is 1560. The number of likely N-dealkylation sites (tertiary alicyclic amines) is 1. The number of nitrogens with one attached hydrogen (secondary N) is 2. The van der Waals surface area contributed by atoms with E-state index in [1.807, 2.05) is 0 Å². The number of alkyl halides is 3. The van der Waals surface area contributed by atoms with Crippen LogP contribution in [0.4, 0.5) is 18.0 Å². The van der Waals surface area contributed by atoms with Crippen LogP contribution in [-0.4, -0.2) is 92.5 Å². The summed E-state index contributed by atoms with van der Waals surface area (Å²) in [7, 11) is 0. The maximum absolute atomic E-state index is 14.3. The van der Waals surface area contributed by atoms with Crippen molar-refractivity contribution in [2.45, 2.75) is 90.3 Å². The average molecular weight is 689 g/mol. The molecular weight excluding hydrogens is 645 g/mol. The lowest BCUT2D eigenvalue weighted by atomic mass is 9.74. The van der Waals surface area contributed by atoms with E-state index in [2.05, 4.69) is 20.7 Å². The zero-order valence-corrected chi connectivity index (χ0v) is 28.3. The number of aliphatic hydroxyl groups excluding tert-OH is 1. The first-order chi connectivity index (χ1) is 22.8. The number of fused-ring (bicyclic) bond motifs is 1. The number of aliphatic hydroxyl groups is 1. The molecule has 2 aliphatic rings. The van der Waals surface area contributed by atoms with E-state index in [0.717, 1.165) is 5.56 Å². The Hall–Kier alpha value is -4.53. The molecule has 49 heavy (non-hydrogen) atoms. The van der Waals surface area contributed by atoms with Crippen molar-refractivity contribution in [3.8, 4) is 0 Å². The summed E-state index contributed by atoms with van der Waals surface area (Å²) < 4.78 is 45.6. The predicted octanol–water partition coefficient (Wildman–Crippen LogP) is 3.52. The van der Waals surface area contributed by atoms with E-state index >= 15 is 0 Å². The lowest BCUT2D eigenvalue weighted by Gasteiger charge is -2.41. The SMILES string of the molecule is CC(C)(C)OC(=O)NC(C)(C)C(=O)NC(CCc1ccc(CO)cc1)C(=O)N1CCC2=NN(CC(F)(F)F)C(=O)[C@]2(Cc2ccccn2)C1. The molecule has 4 rings (SSSR count). The summed E-state index contributed by atoms with van der Waals surface area (Å²) in [5.41, 5.74) is -1.71. The monoisotopic (exact) mass is 688 g/mol. The Morgan fingerprint density at radius 2 is 1.71 bits per heavy atom. The number of piperidine rings is 1. The smallest absolute Gasteiger partial charge is 0.408 e. The van der Waals surface area contributed by atoms with Gasteiger partial charge in [-0.3, -0.25) is 19.4 Å². The minimum absolute atomic E-state index is 0.0354. The van der Waals surface area contributed by atoms with Gasteiger partial charge in [0, 0.05) is 37.8 Å². The normalized spacial score (nSPS) is 18.8. The topological polar surface area (TPSA) is 154 Å². The van der Waals surface area contributed by atoms with Crippen molar-refractivity contribution in [3.05, 3.63) is 65.5 Å². The summed E-state index contributed by atoms with van der Waals surface area (Å²) in [6.07, 6.45) is -3.61. The first kappa shape index (κ1) is 37.3. The van der Waals surface area contributed by atoms with Crippen molar-refractivity contribution < 1.29 is 42.2 Å². The molecule has 0 saturated carbocycles. The molecule has 2 aliphatic heterocycles. The number of carbonyl (C=O) groups excluding carboxylic acids is 4. The van der Waals surface area contributed by atoms with Crippen LogP contribution < -0.4 is 10.6 Å². The number of aryl methyl sites for hydroxylation is 1. The van der Waals surface area contributed by atoms with Crippen molar-refractivity contribution in [2.75, 3.05) is 19.6 Å². The van der Waals surface area contributed by atoms with Crippen LogP contribution in [0, 0.1) is 5.41 Å². The largest absolute Gasteiger partial charge is 0.444 e. The minimum atomic E-state index is -4.69. The van der Waals surface area contributed by atoms with E-state index in [1.165, 1.54) is 24.9 Å². The maximum atomic E-state index is 14.3. The fourth-order valence-electron chi connectivity index (χ4n) is 5.82. The number of nitrogens with zero attached hydrogens (tertiary/aromatic N) is 4. The van der Waals surface area contributed by atoms with Gasteiger partial charge in [0.05, 0.1) is 12.3 Å². The van der Waals surface area contributed by atoms with Crippen LogP contribution >= 0.6 is 0 Å². The Morgan fingerprint density at radius 3 is 2.31 bits per heavy atom. The first-order valence-corrected chi connectivity index (χ1v) is 16.0. The Kier molecular flexibility index (Phi) is 11.1. The number of alkyl carbamates (subject to hydrolysis) is 1. The number of hydrazone groups is 1. The van der Waals surface area contributed by atoms with Gasteiger partial charge in [0.15, 0.2) is 0 Å². The summed E-state index contributed by atoms with van der Waals surface area (Å²) in [5.74, 6) is -2.10. The maximum Gasteiger partial charge on any atom is 0.408 e. The third-order valence-corrected chi connectivity index (χ3v) is 8.28. The standard InChI is InChI=1S/C34H43F3N6O6/c1-31(2,3)49-30(48)40-32(4,5)28(46)39-25(14-13-22-9-11-23(19-44)12-10-22)27(45)42-17-15-26-33(20-42,18-24-8-6-7-16-38-24)29(47)43(41-26)21-34(35,36)37/h6-12,16,25,44H,13-15,17-21H2,1-5H3,(H,39,46)(H,40,48)/t25?,33-/m1/s1. The van der Waals surface area contributed by atoms with Crippen LogP contribution in [0.1, 0.15) is 64.3 Å². The van der Waals surface area contributed by atoms with E-state index in [0.29, 0.717) is 22.7 Å². The molecule has 4 amide bonds. The molecule has 1 aromatic heterocycles. The molecule has 1 unspecified atom stereocenters. The molecule has 1 saturated heterocycles. The van der Waals surface area contributed by atoms with Crippen LogP contribution in [0.5, 0.6) is 0 Å². The highest BCUT2D eigenvalue weighted by Gasteiger charge is 2.56. The van der Waals surface area contributed by atoms with E-state index in [-0.39, 0.29) is 44.7 Å². The molecule has 3 heterocycles. The van der Waals surface area contributed by atoms with Gasteiger partial charge in [-0.05, 0) is 70.7 Å². The van der Waals surface area contributed by atoms with Crippen molar-refractivity contribution in [1.29, 1.82) is 0 Å². The Morgan fingerprint density at radius 1 is 1.04 bits per heavy atom. The van der Waals surface area contributed by atoms with Crippen molar-refractivity contribution in [3.63, 3.8) is 0 Å². The van der Waals surface area contributed by atoms with Gasteiger partial charge in [-0.15, -0.1) is 0 Å². The molecule has 12 nitrogen and oxygen atoms in total. The van der Waals surface area contributed by atoms with Gasteiger partial charge in [0.25, 0.3) is 5.91 Å². The summed E-state index contributed by atoms with van der Waals surface area (Å²) in [5, 5.41) is 19.2. The fraction of sp³-hybridized carbons (Fsp3) is 0.529. The summed E-state index contributed by atoms with van der Waals surface area (Å²) in [6, 6.07) is 10.9. The molecule has 0 bridgehead atoms. The molecule has 266 valence electrons. The molecule has 15 heteroatoms. The van der Waals surface area contributed by atoms with E-state index in [1.54, 1.807) is 63.2 Å². The van der Waals surface area contributed by atoms with Crippen molar-refractivity contribution in [2.24, 2.45) is 10.5 Å². The second-order valence-corrected chi connectivity index (χ2v) is 13.9. The second-order valence-electron chi connectivity index (χ2n) is 13.9. The zero-order chi connectivity index (χ0) is 36.2. The number of aromatic nitrogens is 1. The molecule has 0 aliphatic carbocycles. The molecule has 2 aromatic rings. The number of hydrogen-bond acceptors (Lipinski definition) is 8. The third kappa shape index (κ3) is 9.55. The highest BCUT2D eigenvalue weighted by Crippen LogP contribution is 2.39. The number of halogens is 3. The summed E-state index contributed by atoms with van der Waals surface area (Å²) in [4.78, 5) is 59.8. The zero-order valence-electron chi connectivity index (χ0n) is 28.3. The van der Waals surface area contributed by atoms with E-state index < -0.39 is 59.1 Å². The number of pyridine rings is 1. The number of amides is 4. The summed E-state index contributed by atoms with van der Waals surface area (Å²) >= 11 is 0. The van der Waals surface area contributed by atoms with Crippen LogP contribution in [0.3, 0.4) is 0 Å². The summed E-state index contributed by atoms with van der Waals surface area (Å²) in [6.45, 7) is 6.00. The van der Waals surface area contributed by atoms with Crippen LogP contribution in [0.2, 0.25) is 0 Å². The van der Waals surface area contributed by atoms with Gasteiger partial charge in [-0.1, -0.05) is 30.3 Å². The predicted molar refractivity (Wildman–Crippen MR) is 173 cm³/mol. The van der Waals surface area contributed by atoms with Gasteiger partial charge in [-0.25, -0.2) is 9.80 Å². The molecule has 2 atom stereocenters. The number of rotatable bonds is 11. The van der Waals surface area contributed by atoms with Crippen LogP contribution in [-0.2, 0) is 38.6 Å². The second kappa shape index (κ2) is 14.5. The average Bonchev–Trinajstić information content (AvgIpc) is 3.26. The number of ether oxygens (including phenoxy) is 1. The number of carbonyl (C=O) groups is 4. The van der Waals surface area contributed by atoms with Gasteiger partial charge < -0.3 is 25.4 Å². The third-order valence-electron chi connectivity index (χ3n) is 8.28. The van der Waals surface area contributed by atoms with Crippen LogP contribution in [0.25, 0.3) is 0 Å². The lowest BCUT2D eigenvalue weighted by Crippen LogP contribution is -2.62. The molecule has 0 radical (unpaired) electrons. The Balaban J connectivity index is 1.61. The molecule has 1 fully saturated rings. The number of benzene rings is 1. The van der Waals surface area contributed by atoms with Gasteiger partial charge in [0.2, 0.25) is 11.8 Å². The van der Waals surface area contributed by atoms with E-state index in [4.69, 9.17) is 4.74 Å². The van der Waals surface area contributed by atoms with Crippen LogP contribution in [0.15, 0.2) is 53.8 Å².